The fraction of sp³-hybridized carbons (Fsp3) is 0.800. The summed E-state index contributed by atoms with van der Waals surface area (Å²) in [5.41, 5.74) is 1.48. The van der Waals surface area contributed by atoms with Gasteiger partial charge in [-0.25, -0.2) is 0 Å². The zero-order valence-corrected chi connectivity index (χ0v) is 8.53. The largest absolute Gasteiger partial charge is 0.451 e. The van der Waals surface area contributed by atoms with Crippen LogP contribution < -0.4 is 0 Å². The van der Waals surface area contributed by atoms with Crippen molar-refractivity contribution in [1.82, 2.24) is 0 Å². The molecular formula is C10H19BO2. The highest BCUT2D eigenvalue weighted by molar-refractivity contribution is 6.41. The van der Waals surface area contributed by atoms with Crippen molar-refractivity contribution in [1.29, 1.82) is 0 Å². The summed E-state index contributed by atoms with van der Waals surface area (Å²) in [6.45, 7) is 4.28. The van der Waals surface area contributed by atoms with Crippen LogP contribution in [0.4, 0.5) is 0 Å². The first-order valence-corrected chi connectivity index (χ1v) is 5.11. The van der Waals surface area contributed by atoms with E-state index in [-0.39, 0.29) is 0 Å². The first-order valence-electron chi connectivity index (χ1n) is 5.11. The Morgan fingerprint density at radius 3 is 2.77 bits per heavy atom. The average molecular weight is 182 g/mol. The summed E-state index contributed by atoms with van der Waals surface area (Å²) in [6, 6.07) is 0. The highest BCUT2D eigenvalue weighted by Gasteiger charge is 2.22. The van der Waals surface area contributed by atoms with Gasteiger partial charge in [-0.05, 0) is 44.3 Å². The fourth-order valence-corrected chi connectivity index (χ4v) is 2.03. The van der Waals surface area contributed by atoms with E-state index in [0.717, 1.165) is 6.42 Å². The molecule has 2 nitrogen and oxygen atoms in total. The van der Waals surface area contributed by atoms with Crippen LogP contribution in [0.3, 0.4) is 0 Å². The van der Waals surface area contributed by atoms with Gasteiger partial charge in [-0.1, -0.05) is 18.6 Å². The molecule has 74 valence electrons. The lowest BCUT2D eigenvalue weighted by Crippen LogP contribution is -2.21. The molecule has 0 aromatic rings. The highest BCUT2D eigenvalue weighted by atomic mass is 16.4. The maximum absolute atomic E-state index is 8.85. The van der Waals surface area contributed by atoms with E-state index in [2.05, 4.69) is 19.9 Å². The Morgan fingerprint density at radius 1 is 1.62 bits per heavy atom. The van der Waals surface area contributed by atoms with Crippen LogP contribution in [0.15, 0.2) is 11.6 Å². The average Bonchev–Trinajstić information content (AvgIpc) is 2.04. The third-order valence-corrected chi connectivity index (χ3v) is 3.07. The van der Waals surface area contributed by atoms with Crippen molar-refractivity contribution in [2.45, 2.75) is 39.4 Å². The third kappa shape index (κ3) is 3.53. The van der Waals surface area contributed by atoms with E-state index in [1.54, 1.807) is 0 Å². The van der Waals surface area contributed by atoms with Gasteiger partial charge >= 0.3 is 7.12 Å². The van der Waals surface area contributed by atoms with Gasteiger partial charge in [0.15, 0.2) is 0 Å². The number of hydrogen-bond donors (Lipinski definition) is 2. The number of rotatable bonds is 3. The molecule has 0 saturated carbocycles. The van der Waals surface area contributed by atoms with E-state index in [1.165, 1.54) is 18.4 Å². The van der Waals surface area contributed by atoms with Gasteiger partial charge < -0.3 is 10.0 Å². The number of allylic oxidation sites excluding steroid dienone is 2. The van der Waals surface area contributed by atoms with Gasteiger partial charge in [0.25, 0.3) is 0 Å². The van der Waals surface area contributed by atoms with Crippen molar-refractivity contribution in [2.24, 2.45) is 11.8 Å². The predicted molar refractivity (Wildman–Crippen MR) is 55.3 cm³/mol. The van der Waals surface area contributed by atoms with Crippen LogP contribution in [0, 0.1) is 11.8 Å². The molecule has 1 rings (SSSR count). The van der Waals surface area contributed by atoms with Crippen LogP contribution in [0.5, 0.6) is 0 Å². The molecule has 0 spiro atoms. The van der Waals surface area contributed by atoms with E-state index >= 15 is 0 Å². The molecule has 0 radical (unpaired) electrons. The molecule has 2 N–H and O–H groups in total. The summed E-state index contributed by atoms with van der Waals surface area (Å²) in [5.74, 6) is 1.06. The Morgan fingerprint density at radius 2 is 2.31 bits per heavy atom. The van der Waals surface area contributed by atoms with Crippen molar-refractivity contribution in [3.05, 3.63) is 11.6 Å². The second kappa shape index (κ2) is 4.82. The van der Waals surface area contributed by atoms with Gasteiger partial charge in [0.2, 0.25) is 0 Å². The van der Waals surface area contributed by atoms with Gasteiger partial charge in [0.1, 0.15) is 0 Å². The van der Waals surface area contributed by atoms with Crippen LogP contribution in [-0.2, 0) is 0 Å². The van der Waals surface area contributed by atoms with E-state index in [9.17, 15) is 0 Å². The molecule has 0 aromatic heterocycles. The van der Waals surface area contributed by atoms with Crippen molar-refractivity contribution < 1.29 is 10.0 Å². The normalized spacial score (nSPS) is 25.2. The minimum Gasteiger partial charge on any atom is -0.427 e. The minimum atomic E-state index is -1.14. The monoisotopic (exact) mass is 182 g/mol. The molecule has 13 heavy (non-hydrogen) atoms. The van der Waals surface area contributed by atoms with E-state index in [4.69, 9.17) is 10.0 Å². The molecule has 2 unspecified atom stereocenters. The summed E-state index contributed by atoms with van der Waals surface area (Å²) < 4.78 is 0. The summed E-state index contributed by atoms with van der Waals surface area (Å²) >= 11 is 0. The summed E-state index contributed by atoms with van der Waals surface area (Å²) in [4.78, 5) is 0. The molecule has 0 aliphatic heterocycles. The van der Waals surface area contributed by atoms with Gasteiger partial charge in [0.05, 0.1) is 0 Å². The summed E-state index contributed by atoms with van der Waals surface area (Å²) in [5, 5.41) is 17.7. The smallest absolute Gasteiger partial charge is 0.427 e. The van der Waals surface area contributed by atoms with Gasteiger partial charge in [-0.2, -0.15) is 0 Å². The van der Waals surface area contributed by atoms with E-state index < -0.39 is 7.12 Å². The third-order valence-electron chi connectivity index (χ3n) is 3.07. The molecule has 3 heteroatoms. The molecule has 0 heterocycles. The van der Waals surface area contributed by atoms with E-state index in [0.29, 0.717) is 18.2 Å². The molecule has 0 amide bonds. The molecule has 2 atom stereocenters. The van der Waals surface area contributed by atoms with Crippen molar-refractivity contribution in [3.63, 3.8) is 0 Å². The van der Waals surface area contributed by atoms with Crippen LogP contribution in [0.1, 0.15) is 33.1 Å². The first-order chi connectivity index (χ1) is 6.09. The first kappa shape index (κ1) is 10.8. The molecule has 0 bridgehead atoms. The Hall–Kier alpha value is -0.275. The minimum absolute atomic E-state index is 0.421. The highest BCUT2D eigenvalue weighted by Crippen LogP contribution is 2.31. The Balaban J connectivity index is 2.36. The summed E-state index contributed by atoms with van der Waals surface area (Å²) in [7, 11) is -1.14. The predicted octanol–water partition coefficient (Wildman–Crippen LogP) is 1.84. The lowest BCUT2D eigenvalue weighted by molar-refractivity contribution is 0.318. The Labute approximate surface area is 80.8 Å². The van der Waals surface area contributed by atoms with Crippen LogP contribution in [0.25, 0.3) is 0 Å². The van der Waals surface area contributed by atoms with Crippen molar-refractivity contribution >= 4 is 7.12 Å². The maximum atomic E-state index is 8.85. The maximum Gasteiger partial charge on any atom is 0.451 e. The topological polar surface area (TPSA) is 40.5 Å². The molecule has 0 saturated heterocycles. The molecule has 1 aliphatic carbocycles. The van der Waals surface area contributed by atoms with E-state index in [1.807, 2.05) is 0 Å². The van der Waals surface area contributed by atoms with Crippen molar-refractivity contribution in [3.8, 4) is 0 Å². The van der Waals surface area contributed by atoms with Gasteiger partial charge in [0, 0.05) is 0 Å². The van der Waals surface area contributed by atoms with Gasteiger partial charge in [-0.15, -0.1) is 0 Å². The SMILES string of the molecule is CC1=CCC(C(C)CB(O)O)CC1. The van der Waals surface area contributed by atoms with Crippen molar-refractivity contribution in [2.75, 3.05) is 0 Å². The Kier molecular flexibility index (Phi) is 4.01. The number of hydrogen-bond acceptors (Lipinski definition) is 2. The van der Waals surface area contributed by atoms with Crippen LogP contribution in [0.2, 0.25) is 6.32 Å². The molecule has 0 fully saturated rings. The fourth-order valence-electron chi connectivity index (χ4n) is 2.03. The molecule has 0 aromatic carbocycles. The van der Waals surface area contributed by atoms with Crippen LogP contribution >= 0.6 is 0 Å². The second-order valence-electron chi connectivity index (χ2n) is 4.28. The zero-order chi connectivity index (χ0) is 9.84. The Bertz CT molecular complexity index is 189. The summed E-state index contributed by atoms with van der Waals surface area (Å²) in [6.07, 6.45) is 6.29. The van der Waals surface area contributed by atoms with Gasteiger partial charge in [-0.3, -0.25) is 0 Å². The van der Waals surface area contributed by atoms with Crippen LogP contribution in [-0.4, -0.2) is 17.2 Å². The molecular weight excluding hydrogens is 163 g/mol. The quantitative estimate of drug-likeness (QED) is 0.516. The standard InChI is InChI=1S/C10H19BO2/c1-8-3-5-10(6-4-8)9(2)7-11(12)13/h3,9-10,12-13H,4-7H2,1-2H3. The molecule has 1 aliphatic rings. The lowest BCUT2D eigenvalue weighted by Gasteiger charge is -2.26. The second-order valence-corrected chi connectivity index (χ2v) is 4.28. The lowest BCUT2D eigenvalue weighted by atomic mass is 9.70. The zero-order valence-electron chi connectivity index (χ0n) is 8.53.